The van der Waals surface area contributed by atoms with Crippen LogP contribution < -0.4 is 10.2 Å². The highest BCUT2D eigenvalue weighted by atomic mass is 19.4. The molecular formula is C19H24F3N5O. The quantitative estimate of drug-likeness (QED) is 0.867. The number of alkyl halides is 3. The predicted octanol–water partition coefficient (Wildman–Crippen LogP) is 3.34. The average molecular weight is 395 g/mol. The van der Waals surface area contributed by atoms with Crippen LogP contribution in [0.3, 0.4) is 0 Å². The molecule has 28 heavy (non-hydrogen) atoms. The summed E-state index contributed by atoms with van der Waals surface area (Å²) in [5, 5.41) is 7.25. The molecule has 2 amide bonds. The van der Waals surface area contributed by atoms with Crippen molar-refractivity contribution in [2.45, 2.75) is 26.1 Å². The summed E-state index contributed by atoms with van der Waals surface area (Å²) in [7, 11) is 1.83. The van der Waals surface area contributed by atoms with Gasteiger partial charge in [0.2, 0.25) is 0 Å². The van der Waals surface area contributed by atoms with Gasteiger partial charge in [-0.3, -0.25) is 4.68 Å². The van der Waals surface area contributed by atoms with Crippen LogP contribution in [-0.4, -0.2) is 46.9 Å². The number of halogens is 3. The highest BCUT2D eigenvalue weighted by Crippen LogP contribution is 2.31. The van der Waals surface area contributed by atoms with Gasteiger partial charge in [0.15, 0.2) is 0 Å². The number of hydrogen-bond acceptors (Lipinski definition) is 3. The van der Waals surface area contributed by atoms with Crippen LogP contribution in [0, 0.1) is 6.92 Å². The summed E-state index contributed by atoms with van der Waals surface area (Å²) in [4.78, 5) is 16.1. The molecule has 1 aromatic carbocycles. The third-order valence-electron chi connectivity index (χ3n) is 4.96. The Labute approximate surface area is 161 Å². The number of nitrogens with one attached hydrogen (secondary N) is 1. The zero-order valence-electron chi connectivity index (χ0n) is 16.1. The molecule has 3 rings (SSSR count). The number of aromatic nitrogens is 2. The Balaban J connectivity index is 1.58. The lowest BCUT2D eigenvalue weighted by molar-refractivity contribution is -0.137. The van der Waals surface area contributed by atoms with Gasteiger partial charge in [0.05, 0.1) is 17.3 Å². The van der Waals surface area contributed by atoms with Crippen LogP contribution in [0.4, 0.5) is 23.7 Å². The molecule has 6 nitrogen and oxygen atoms in total. The molecule has 1 aliphatic heterocycles. The third kappa shape index (κ3) is 4.40. The van der Waals surface area contributed by atoms with E-state index in [-0.39, 0.29) is 12.1 Å². The van der Waals surface area contributed by atoms with Crippen LogP contribution in [0.15, 0.2) is 30.5 Å². The lowest BCUT2D eigenvalue weighted by Gasteiger charge is -2.36. The van der Waals surface area contributed by atoms with E-state index in [1.54, 1.807) is 15.6 Å². The van der Waals surface area contributed by atoms with E-state index in [0.29, 0.717) is 31.9 Å². The zero-order chi connectivity index (χ0) is 20.5. The van der Waals surface area contributed by atoms with E-state index in [4.69, 9.17) is 0 Å². The average Bonchev–Trinajstić information content (AvgIpc) is 2.99. The van der Waals surface area contributed by atoms with Crippen molar-refractivity contribution in [2.75, 3.05) is 31.1 Å². The highest BCUT2D eigenvalue weighted by molar-refractivity contribution is 5.75. The Kier molecular flexibility index (Phi) is 5.53. The standard InChI is InChI=1S/C19H24F3N5O/c1-13(17-12-25(3)24-14(17)2)23-18(28)27-9-7-26(8-10-27)16-6-4-5-15(11-16)19(20,21)22/h4-6,11-13H,7-10H2,1-3H3,(H,23,28). The number of carbonyl (C=O) groups is 1. The Hall–Kier alpha value is -2.71. The Morgan fingerprint density at radius 2 is 1.89 bits per heavy atom. The smallest absolute Gasteiger partial charge is 0.368 e. The molecule has 0 bridgehead atoms. The maximum atomic E-state index is 12.9. The van der Waals surface area contributed by atoms with Crippen molar-refractivity contribution in [2.24, 2.45) is 7.05 Å². The van der Waals surface area contributed by atoms with E-state index in [2.05, 4.69) is 10.4 Å². The van der Waals surface area contributed by atoms with Crippen LogP contribution >= 0.6 is 0 Å². The van der Waals surface area contributed by atoms with E-state index in [9.17, 15) is 18.0 Å². The predicted molar refractivity (Wildman–Crippen MR) is 100 cm³/mol. The minimum Gasteiger partial charge on any atom is -0.368 e. The van der Waals surface area contributed by atoms with Gasteiger partial charge < -0.3 is 15.1 Å². The molecule has 1 aromatic heterocycles. The molecule has 2 aromatic rings. The number of benzene rings is 1. The van der Waals surface area contributed by atoms with E-state index in [1.807, 2.05) is 32.0 Å². The fraction of sp³-hybridized carbons (Fsp3) is 0.474. The second-order valence-corrected chi connectivity index (χ2v) is 7.04. The fourth-order valence-corrected chi connectivity index (χ4v) is 3.44. The molecule has 152 valence electrons. The highest BCUT2D eigenvalue weighted by Gasteiger charge is 2.31. The summed E-state index contributed by atoms with van der Waals surface area (Å²) in [6.07, 6.45) is -2.48. The molecule has 1 fully saturated rings. The van der Waals surface area contributed by atoms with E-state index < -0.39 is 11.7 Å². The molecule has 0 saturated carbocycles. The number of nitrogens with zero attached hydrogens (tertiary/aromatic N) is 4. The maximum Gasteiger partial charge on any atom is 0.416 e. The normalized spacial score (nSPS) is 16.2. The third-order valence-corrected chi connectivity index (χ3v) is 4.96. The number of amides is 2. The van der Waals surface area contributed by atoms with Crippen molar-refractivity contribution >= 4 is 11.7 Å². The molecule has 1 saturated heterocycles. The van der Waals surface area contributed by atoms with Gasteiger partial charge in [-0.2, -0.15) is 18.3 Å². The molecule has 1 unspecified atom stereocenters. The van der Waals surface area contributed by atoms with Crippen LogP contribution in [0.1, 0.15) is 29.8 Å². The van der Waals surface area contributed by atoms with Gasteiger partial charge in [0, 0.05) is 50.7 Å². The SMILES string of the molecule is Cc1nn(C)cc1C(C)NC(=O)N1CCN(c2cccc(C(F)(F)F)c2)CC1. The van der Waals surface area contributed by atoms with E-state index >= 15 is 0 Å². The second-order valence-electron chi connectivity index (χ2n) is 7.04. The Bertz CT molecular complexity index is 840. The summed E-state index contributed by atoms with van der Waals surface area (Å²) >= 11 is 0. The van der Waals surface area contributed by atoms with Gasteiger partial charge in [0.25, 0.3) is 0 Å². The van der Waals surface area contributed by atoms with E-state index in [0.717, 1.165) is 23.4 Å². The first-order valence-electron chi connectivity index (χ1n) is 9.13. The minimum absolute atomic E-state index is 0.178. The number of hydrogen-bond donors (Lipinski definition) is 1. The molecule has 0 radical (unpaired) electrons. The Morgan fingerprint density at radius 1 is 1.21 bits per heavy atom. The largest absolute Gasteiger partial charge is 0.416 e. The van der Waals surface area contributed by atoms with Gasteiger partial charge in [-0.15, -0.1) is 0 Å². The topological polar surface area (TPSA) is 53.4 Å². The number of piperazine rings is 1. The number of aryl methyl sites for hydroxylation is 2. The first-order valence-corrected chi connectivity index (χ1v) is 9.13. The summed E-state index contributed by atoms with van der Waals surface area (Å²) in [6, 6.07) is 4.94. The van der Waals surface area contributed by atoms with Crippen LogP contribution in [-0.2, 0) is 13.2 Å². The van der Waals surface area contributed by atoms with Gasteiger partial charge in [-0.05, 0) is 32.0 Å². The van der Waals surface area contributed by atoms with Crippen molar-refractivity contribution in [3.8, 4) is 0 Å². The second kappa shape index (κ2) is 7.73. The summed E-state index contributed by atoms with van der Waals surface area (Å²) in [6.45, 7) is 5.65. The minimum atomic E-state index is -4.36. The molecule has 1 aliphatic rings. The number of urea groups is 1. The van der Waals surface area contributed by atoms with Crippen LogP contribution in [0.5, 0.6) is 0 Å². The molecule has 2 heterocycles. The lowest BCUT2D eigenvalue weighted by Crippen LogP contribution is -2.52. The lowest BCUT2D eigenvalue weighted by atomic mass is 10.1. The summed E-state index contributed by atoms with van der Waals surface area (Å²) in [5.41, 5.74) is 1.68. The van der Waals surface area contributed by atoms with Gasteiger partial charge >= 0.3 is 12.2 Å². The zero-order valence-corrected chi connectivity index (χ0v) is 16.1. The first kappa shape index (κ1) is 20.0. The molecule has 0 aliphatic carbocycles. The monoisotopic (exact) mass is 395 g/mol. The number of carbonyl (C=O) groups excluding carboxylic acids is 1. The summed E-state index contributed by atoms with van der Waals surface area (Å²) < 4.78 is 40.4. The number of rotatable bonds is 3. The van der Waals surface area contributed by atoms with E-state index in [1.165, 1.54) is 6.07 Å². The van der Waals surface area contributed by atoms with Crippen molar-refractivity contribution in [3.63, 3.8) is 0 Å². The van der Waals surface area contributed by atoms with Crippen molar-refractivity contribution in [1.82, 2.24) is 20.0 Å². The fourth-order valence-electron chi connectivity index (χ4n) is 3.44. The number of anilines is 1. The summed E-state index contributed by atoms with van der Waals surface area (Å²) in [5.74, 6) is 0. The molecule has 1 N–H and O–H groups in total. The van der Waals surface area contributed by atoms with Gasteiger partial charge in [-0.1, -0.05) is 6.07 Å². The first-order chi connectivity index (χ1) is 13.1. The van der Waals surface area contributed by atoms with Crippen molar-refractivity contribution in [1.29, 1.82) is 0 Å². The maximum absolute atomic E-state index is 12.9. The van der Waals surface area contributed by atoms with Crippen LogP contribution in [0.25, 0.3) is 0 Å². The molecule has 0 spiro atoms. The van der Waals surface area contributed by atoms with Gasteiger partial charge in [-0.25, -0.2) is 4.79 Å². The van der Waals surface area contributed by atoms with Gasteiger partial charge in [0.1, 0.15) is 0 Å². The molecular weight excluding hydrogens is 371 g/mol. The molecule has 9 heteroatoms. The van der Waals surface area contributed by atoms with Crippen molar-refractivity contribution < 1.29 is 18.0 Å². The van der Waals surface area contributed by atoms with Crippen molar-refractivity contribution in [3.05, 3.63) is 47.3 Å². The van der Waals surface area contributed by atoms with Crippen LogP contribution in [0.2, 0.25) is 0 Å². The molecule has 1 atom stereocenters. The Morgan fingerprint density at radius 3 is 2.46 bits per heavy atom.